The smallest absolute Gasteiger partial charge is 0.157 e. The summed E-state index contributed by atoms with van der Waals surface area (Å²) in [6.07, 6.45) is 3.06. The molecule has 0 saturated carbocycles. The summed E-state index contributed by atoms with van der Waals surface area (Å²) >= 11 is 0. The summed E-state index contributed by atoms with van der Waals surface area (Å²) in [5.74, 6) is 1.52. The lowest BCUT2D eigenvalue weighted by atomic mass is 10.1. The highest BCUT2D eigenvalue weighted by Crippen LogP contribution is 2.20. The van der Waals surface area contributed by atoms with Crippen molar-refractivity contribution in [3.63, 3.8) is 0 Å². The van der Waals surface area contributed by atoms with Crippen molar-refractivity contribution in [1.29, 1.82) is 0 Å². The highest BCUT2D eigenvalue weighted by Gasteiger charge is 2.15. The van der Waals surface area contributed by atoms with E-state index in [1.165, 1.54) is 5.56 Å². The number of aryl methyl sites for hydroxylation is 2. The Morgan fingerprint density at radius 1 is 1.14 bits per heavy atom. The Kier molecular flexibility index (Phi) is 7.83. The molecule has 0 fully saturated rings. The third kappa shape index (κ3) is 5.71. The molecule has 1 aromatic rings. The van der Waals surface area contributed by atoms with Crippen LogP contribution >= 0.6 is 0 Å². The quantitative estimate of drug-likeness (QED) is 0.709. The maximum atomic E-state index is 5.44. The van der Waals surface area contributed by atoms with E-state index in [0.717, 1.165) is 49.6 Å². The Labute approximate surface area is 129 Å². The van der Waals surface area contributed by atoms with E-state index in [2.05, 4.69) is 49.9 Å². The number of hydrogen-bond donors (Lipinski definition) is 1. The van der Waals surface area contributed by atoms with Gasteiger partial charge in [0.2, 0.25) is 0 Å². The molecule has 0 aliphatic rings. The summed E-state index contributed by atoms with van der Waals surface area (Å²) in [7, 11) is 1.72. The van der Waals surface area contributed by atoms with Gasteiger partial charge in [0.15, 0.2) is 5.82 Å². The van der Waals surface area contributed by atoms with Crippen molar-refractivity contribution in [3.8, 4) is 0 Å². The fraction of sp³-hybridized carbons (Fsp3) is 0.765. The van der Waals surface area contributed by atoms with Gasteiger partial charge in [-0.15, -0.1) is 0 Å². The minimum Gasteiger partial charge on any atom is -0.373 e. The molecule has 21 heavy (non-hydrogen) atoms. The monoisotopic (exact) mass is 293 g/mol. The fourth-order valence-electron chi connectivity index (χ4n) is 2.51. The first-order valence-electron chi connectivity index (χ1n) is 8.07. The van der Waals surface area contributed by atoms with E-state index in [9.17, 15) is 0 Å². The fourth-order valence-corrected chi connectivity index (χ4v) is 2.51. The third-order valence-corrected chi connectivity index (χ3v) is 3.71. The van der Waals surface area contributed by atoms with Crippen LogP contribution in [0.3, 0.4) is 0 Å². The Morgan fingerprint density at radius 3 is 2.24 bits per heavy atom. The molecule has 1 unspecified atom stereocenters. The van der Waals surface area contributed by atoms with E-state index in [0.29, 0.717) is 5.92 Å². The molecule has 1 atom stereocenters. The zero-order chi connectivity index (χ0) is 15.8. The number of ether oxygens (including phenoxy) is 1. The van der Waals surface area contributed by atoms with Gasteiger partial charge in [-0.3, -0.25) is 0 Å². The van der Waals surface area contributed by atoms with Gasteiger partial charge < -0.3 is 10.1 Å². The molecule has 4 heteroatoms. The van der Waals surface area contributed by atoms with Crippen molar-refractivity contribution in [1.82, 2.24) is 15.3 Å². The van der Waals surface area contributed by atoms with Gasteiger partial charge >= 0.3 is 0 Å². The molecule has 0 aromatic carbocycles. The van der Waals surface area contributed by atoms with Gasteiger partial charge in [0.05, 0.1) is 0 Å². The molecule has 1 rings (SSSR count). The second kappa shape index (κ2) is 9.11. The molecule has 1 N–H and O–H groups in total. The molecule has 4 nitrogen and oxygen atoms in total. The summed E-state index contributed by atoms with van der Waals surface area (Å²) < 4.78 is 5.44. The Balaban J connectivity index is 2.63. The van der Waals surface area contributed by atoms with Crippen LogP contribution < -0.4 is 5.32 Å². The molecule has 0 bridgehead atoms. The topological polar surface area (TPSA) is 47.0 Å². The molecule has 0 aliphatic carbocycles. The minimum absolute atomic E-state index is 0.00385. The number of nitrogens with zero attached hydrogens (tertiary/aromatic N) is 2. The van der Waals surface area contributed by atoms with Crippen LogP contribution in [0.15, 0.2) is 0 Å². The van der Waals surface area contributed by atoms with Crippen LogP contribution in [0.4, 0.5) is 0 Å². The lowest BCUT2D eigenvalue weighted by molar-refractivity contribution is 0.0922. The van der Waals surface area contributed by atoms with E-state index in [4.69, 9.17) is 4.74 Å². The van der Waals surface area contributed by atoms with E-state index in [1.54, 1.807) is 7.11 Å². The van der Waals surface area contributed by atoms with Crippen LogP contribution in [0, 0.1) is 19.8 Å². The average molecular weight is 293 g/mol. The highest BCUT2D eigenvalue weighted by atomic mass is 16.5. The Morgan fingerprint density at radius 2 is 1.76 bits per heavy atom. The van der Waals surface area contributed by atoms with Gasteiger partial charge in [0, 0.05) is 18.5 Å². The zero-order valence-electron chi connectivity index (χ0n) is 14.5. The predicted octanol–water partition coefficient (Wildman–Crippen LogP) is 3.37. The second-order valence-electron chi connectivity index (χ2n) is 6.07. The van der Waals surface area contributed by atoms with Crippen molar-refractivity contribution in [3.05, 3.63) is 22.8 Å². The summed E-state index contributed by atoms with van der Waals surface area (Å²) in [5.41, 5.74) is 3.48. The van der Waals surface area contributed by atoms with E-state index in [1.807, 2.05) is 0 Å². The van der Waals surface area contributed by atoms with Gasteiger partial charge in [-0.05, 0) is 57.7 Å². The van der Waals surface area contributed by atoms with Gasteiger partial charge in [-0.1, -0.05) is 20.8 Å². The summed E-state index contributed by atoms with van der Waals surface area (Å²) in [6.45, 7) is 12.8. The van der Waals surface area contributed by atoms with Crippen LogP contribution in [0.1, 0.15) is 62.5 Å². The molecule has 0 radical (unpaired) electrons. The lowest BCUT2D eigenvalue weighted by Gasteiger charge is -2.16. The summed E-state index contributed by atoms with van der Waals surface area (Å²) in [6, 6.07) is 0. The predicted molar refractivity (Wildman–Crippen MR) is 87.6 cm³/mol. The van der Waals surface area contributed by atoms with Crippen molar-refractivity contribution in [2.75, 3.05) is 20.2 Å². The van der Waals surface area contributed by atoms with Gasteiger partial charge in [0.1, 0.15) is 6.10 Å². The third-order valence-electron chi connectivity index (χ3n) is 3.71. The van der Waals surface area contributed by atoms with E-state index >= 15 is 0 Å². The van der Waals surface area contributed by atoms with Gasteiger partial charge in [0.25, 0.3) is 0 Å². The molecule has 120 valence electrons. The Bertz CT molecular complexity index is 405. The molecule has 0 saturated heterocycles. The molecule has 0 aliphatic heterocycles. The van der Waals surface area contributed by atoms with E-state index in [-0.39, 0.29) is 6.10 Å². The van der Waals surface area contributed by atoms with Gasteiger partial charge in [-0.25, -0.2) is 9.97 Å². The first-order valence-corrected chi connectivity index (χ1v) is 8.07. The zero-order valence-corrected chi connectivity index (χ0v) is 14.5. The van der Waals surface area contributed by atoms with E-state index < -0.39 is 0 Å². The first kappa shape index (κ1) is 18.1. The molecular formula is C17H31N3O. The SMILES string of the molecule is CCC(OC)c1nc(C)c(CCCNCC(C)C)c(C)n1. The molecular weight excluding hydrogens is 262 g/mol. The van der Waals surface area contributed by atoms with Crippen molar-refractivity contribution < 1.29 is 4.74 Å². The lowest BCUT2D eigenvalue weighted by Crippen LogP contribution is -2.21. The summed E-state index contributed by atoms with van der Waals surface area (Å²) in [4.78, 5) is 9.29. The number of hydrogen-bond acceptors (Lipinski definition) is 4. The van der Waals surface area contributed by atoms with Crippen molar-refractivity contribution >= 4 is 0 Å². The standard InChI is InChI=1S/C17H31N3O/c1-7-16(21-6)17-19-13(4)15(14(5)20-17)9-8-10-18-11-12(2)3/h12,16,18H,7-11H2,1-6H3. The summed E-state index contributed by atoms with van der Waals surface area (Å²) in [5, 5.41) is 3.48. The maximum Gasteiger partial charge on any atom is 0.157 e. The van der Waals surface area contributed by atoms with Crippen molar-refractivity contribution in [2.45, 2.75) is 60.0 Å². The molecule has 0 spiro atoms. The normalized spacial score (nSPS) is 12.9. The minimum atomic E-state index is 0.00385. The van der Waals surface area contributed by atoms with Crippen molar-refractivity contribution in [2.24, 2.45) is 5.92 Å². The molecule has 1 aromatic heterocycles. The van der Waals surface area contributed by atoms with Crippen LogP contribution in [0.2, 0.25) is 0 Å². The van der Waals surface area contributed by atoms with Gasteiger partial charge in [-0.2, -0.15) is 0 Å². The number of nitrogens with one attached hydrogen (secondary N) is 1. The van der Waals surface area contributed by atoms with Crippen LogP contribution in [0.25, 0.3) is 0 Å². The number of aromatic nitrogens is 2. The van der Waals surface area contributed by atoms with Crippen LogP contribution in [-0.2, 0) is 11.2 Å². The first-order chi connectivity index (χ1) is 9.99. The maximum absolute atomic E-state index is 5.44. The molecule has 0 amide bonds. The number of rotatable bonds is 9. The number of methoxy groups -OCH3 is 1. The van der Waals surface area contributed by atoms with Crippen LogP contribution in [0.5, 0.6) is 0 Å². The average Bonchev–Trinajstić information content (AvgIpc) is 2.42. The largest absolute Gasteiger partial charge is 0.373 e. The molecule has 1 heterocycles. The second-order valence-corrected chi connectivity index (χ2v) is 6.07. The highest BCUT2D eigenvalue weighted by molar-refractivity contribution is 5.25. The Hall–Kier alpha value is -1.00. The van der Waals surface area contributed by atoms with Crippen LogP contribution in [-0.4, -0.2) is 30.2 Å².